The molecule has 33 heavy (non-hydrogen) atoms. The van der Waals surface area contributed by atoms with E-state index in [0.717, 1.165) is 11.3 Å². The van der Waals surface area contributed by atoms with E-state index in [4.69, 9.17) is 0 Å². The van der Waals surface area contributed by atoms with Gasteiger partial charge in [0.15, 0.2) is 11.6 Å². The lowest BCUT2D eigenvalue weighted by molar-refractivity contribution is 0.0950. The fourth-order valence-electron chi connectivity index (χ4n) is 3.31. The predicted molar refractivity (Wildman–Crippen MR) is 119 cm³/mol. The van der Waals surface area contributed by atoms with Crippen molar-refractivity contribution in [2.75, 3.05) is 0 Å². The maximum Gasteiger partial charge on any atom is 0.251 e. The van der Waals surface area contributed by atoms with Gasteiger partial charge >= 0.3 is 0 Å². The largest absolute Gasteiger partial charge is 0.346 e. The summed E-state index contributed by atoms with van der Waals surface area (Å²) in [4.78, 5) is 25.8. The Kier molecular flexibility index (Phi) is 6.16. The Morgan fingerprint density at radius 1 is 1.12 bits per heavy atom. The first kappa shape index (κ1) is 22.1. The molecule has 0 fully saturated rings. The standard InChI is InChI=1S/C23H23FN8O/c1-13(2)22-29-30-31-32(22)20-10-16(23(33)28-12-19-15(4)25-7-8-26-19)9-17(21(20)24)18-6-5-14(3)11-27-18/h5-11,13H,12H2,1-4H3,(H,28,33). The van der Waals surface area contributed by atoms with E-state index in [2.05, 4.69) is 35.8 Å². The van der Waals surface area contributed by atoms with E-state index in [-0.39, 0.29) is 29.3 Å². The third-order valence-corrected chi connectivity index (χ3v) is 5.14. The zero-order valence-corrected chi connectivity index (χ0v) is 18.7. The van der Waals surface area contributed by atoms with Crippen LogP contribution in [0.4, 0.5) is 4.39 Å². The van der Waals surface area contributed by atoms with Crippen LogP contribution in [-0.4, -0.2) is 41.1 Å². The summed E-state index contributed by atoms with van der Waals surface area (Å²) in [6, 6.07) is 6.47. The molecule has 0 spiro atoms. The average Bonchev–Trinajstić information content (AvgIpc) is 3.29. The molecule has 0 saturated heterocycles. The van der Waals surface area contributed by atoms with Crippen LogP contribution in [0, 0.1) is 19.7 Å². The van der Waals surface area contributed by atoms with E-state index >= 15 is 4.39 Å². The number of hydrogen-bond donors (Lipinski definition) is 1. The molecule has 1 aromatic carbocycles. The third-order valence-electron chi connectivity index (χ3n) is 5.14. The molecule has 0 saturated carbocycles. The van der Waals surface area contributed by atoms with Crippen molar-refractivity contribution >= 4 is 5.91 Å². The molecule has 0 aliphatic carbocycles. The lowest BCUT2D eigenvalue weighted by Crippen LogP contribution is -2.24. The van der Waals surface area contributed by atoms with Crippen molar-refractivity contribution < 1.29 is 9.18 Å². The topological polar surface area (TPSA) is 111 Å². The molecule has 0 radical (unpaired) electrons. The molecular weight excluding hydrogens is 423 g/mol. The van der Waals surface area contributed by atoms with Gasteiger partial charge in [0.05, 0.1) is 23.6 Å². The first-order valence-electron chi connectivity index (χ1n) is 10.4. The molecule has 4 rings (SSSR count). The van der Waals surface area contributed by atoms with Gasteiger partial charge in [-0.2, -0.15) is 4.68 Å². The van der Waals surface area contributed by atoms with E-state index in [9.17, 15) is 4.79 Å². The molecule has 1 N–H and O–H groups in total. The van der Waals surface area contributed by atoms with Crippen molar-refractivity contribution in [1.29, 1.82) is 0 Å². The SMILES string of the molecule is Cc1ccc(-c2cc(C(=O)NCc3nccnc3C)cc(-n3nnnc3C(C)C)c2F)nc1. The normalized spacial score (nSPS) is 11.1. The number of nitrogens with one attached hydrogen (secondary N) is 1. The van der Waals surface area contributed by atoms with Crippen molar-refractivity contribution in [3.63, 3.8) is 0 Å². The number of nitrogens with zero attached hydrogens (tertiary/aromatic N) is 7. The van der Waals surface area contributed by atoms with E-state index < -0.39 is 11.7 Å². The van der Waals surface area contributed by atoms with Crippen molar-refractivity contribution in [3.8, 4) is 16.9 Å². The van der Waals surface area contributed by atoms with E-state index in [1.807, 2.05) is 33.8 Å². The minimum absolute atomic E-state index is 0.0579. The quantitative estimate of drug-likeness (QED) is 0.484. The number of aromatic nitrogens is 7. The Bertz CT molecular complexity index is 1300. The van der Waals surface area contributed by atoms with Gasteiger partial charge in [-0.15, -0.1) is 5.10 Å². The lowest BCUT2D eigenvalue weighted by atomic mass is 10.0. The summed E-state index contributed by atoms with van der Waals surface area (Å²) in [6.07, 6.45) is 4.80. The van der Waals surface area contributed by atoms with Gasteiger partial charge in [-0.3, -0.25) is 19.7 Å². The Morgan fingerprint density at radius 2 is 1.91 bits per heavy atom. The highest BCUT2D eigenvalue weighted by atomic mass is 19.1. The second-order valence-electron chi connectivity index (χ2n) is 7.95. The van der Waals surface area contributed by atoms with Crippen LogP contribution in [0.3, 0.4) is 0 Å². The van der Waals surface area contributed by atoms with Gasteiger partial charge < -0.3 is 5.32 Å². The molecular formula is C23H23FN8O. The summed E-state index contributed by atoms with van der Waals surface area (Å²) in [6.45, 7) is 7.71. The molecule has 3 aromatic heterocycles. The minimum Gasteiger partial charge on any atom is -0.346 e. The maximum absolute atomic E-state index is 15.7. The van der Waals surface area contributed by atoms with Crippen LogP contribution in [0.1, 0.15) is 52.9 Å². The third kappa shape index (κ3) is 4.59. The van der Waals surface area contributed by atoms with E-state index in [1.165, 1.54) is 16.8 Å². The fourth-order valence-corrected chi connectivity index (χ4v) is 3.31. The van der Waals surface area contributed by atoms with Crippen LogP contribution in [0.15, 0.2) is 42.9 Å². The lowest BCUT2D eigenvalue weighted by Gasteiger charge is -2.14. The average molecular weight is 446 g/mol. The first-order valence-corrected chi connectivity index (χ1v) is 10.4. The number of aryl methyl sites for hydroxylation is 2. The van der Waals surface area contributed by atoms with Gasteiger partial charge in [-0.05, 0) is 48.0 Å². The minimum atomic E-state index is -0.568. The van der Waals surface area contributed by atoms with Crippen molar-refractivity contribution in [1.82, 2.24) is 40.5 Å². The summed E-state index contributed by atoms with van der Waals surface area (Å²) in [5.41, 5.74) is 3.21. The molecule has 9 nitrogen and oxygen atoms in total. The zero-order chi connectivity index (χ0) is 23.5. The van der Waals surface area contributed by atoms with Gasteiger partial charge in [-0.1, -0.05) is 19.9 Å². The zero-order valence-electron chi connectivity index (χ0n) is 18.7. The molecule has 1 amide bonds. The van der Waals surface area contributed by atoms with Crippen LogP contribution in [0.25, 0.3) is 16.9 Å². The fraction of sp³-hybridized carbons (Fsp3) is 0.261. The summed E-state index contributed by atoms with van der Waals surface area (Å²) < 4.78 is 17.0. The number of carbonyl (C=O) groups is 1. The number of rotatable bonds is 6. The molecule has 0 aliphatic rings. The van der Waals surface area contributed by atoms with Gasteiger partial charge in [0.1, 0.15) is 5.69 Å². The molecule has 0 atom stereocenters. The maximum atomic E-state index is 15.7. The summed E-state index contributed by atoms with van der Waals surface area (Å²) in [7, 11) is 0. The molecule has 0 unspecified atom stereocenters. The number of halogens is 1. The van der Waals surface area contributed by atoms with Crippen molar-refractivity contribution in [3.05, 3.63) is 77.0 Å². The second kappa shape index (κ2) is 9.19. The van der Waals surface area contributed by atoms with Gasteiger partial charge in [0.25, 0.3) is 5.91 Å². The van der Waals surface area contributed by atoms with E-state index in [1.54, 1.807) is 24.7 Å². The van der Waals surface area contributed by atoms with Crippen LogP contribution >= 0.6 is 0 Å². The Balaban J connectivity index is 1.78. The predicted octanol–water partition coefficient (Wildman–Crippen LogP) is 3.32. The van der Waals surface area contributed by atoms with Crippen LogP contribution in [-0.2, 0) is 6.54 Å². The highest BCUT2D eigenvalue weighted by Gasteiger charge is 2.22. The highest BCUT2D eigenvalue weighted by Crippen LogP contribution is 2.29. The van der Waals surface area contributed by atoms with Crippen LogP contribution in [0.5, 0.6) is 0 Å². The van der Waals surface area contributed by atoms with Crippen molar-refractivity contribution in [2.45, 2.75) is 40.2 Å². The monoisotopic (exact) mass is 446 g/mol. The molecule has 0 aliphatic heterocycles. The van der Waals surface area contributed by atoms with Gasteiger partial charge in [-0.25, -0.2) is 4.39 Å². The highest BCUT2D eigenvalue weighted by molar-refractivity contribution is 5.96. The summed E-state index contributed by atoms with van der Waals surface area (Å²) in [5, 5.41) is 14.5. The van der Waals surface area contributed by atoms with Crippen molar-refractivity contribution in [2.24, 2.45) is 0 Å². The molecule has 0 bridgehead atoms. The van der Waals surface area contributed by atoms with Crippen LogP contribution < -0.4 is 5.32 Å². The number of carbonyl (C=O) groups excluding carboxylic acids is 1. The Morgan fingerprint density at radius 3 is 2.61 bits per heavy atom. The summed E-state index contributed by atoms with van der Waals surface area (Å²) >= 11 is 0. The van der Waals surface area contributed by atoms with E-state index in [0.29, 0.717) is 17.2 Å². The second-order valence-corrected chi connectivity index (χ2v) is 7.95. The number of tetrazole rings is 1. The van der Waals surface area contributed by atoms with Gasteiger partial charge in [0, 0.05) is 35.6 Å². The molecule has 3 heterocycles. The molecule has 10 heteroatoms. The number of benzene rings is 1. The Hall–Kier alpha value is -4.08. The van der Waals surface area contributed by atoms with Gasteiger partial charge in [0.2, 0.25) is 0 Å². The number of amides is 1. The Labute approximate surface area is 190 Å². The smallest absolute Gasteiger partial charge is 0.251 e. The number of hydrogen-bond acceptors (Lipinski definition) is 7. The molecule has 168 valence electrons. The van der Waals surface area contributed by atoms with Crippen LogP contribution in [0.2, 0.25) is 0 Å². The number of pyridine rings is 1. The first-order chi connectivity index (χ1) is 15.8. The summed E-state index contributed by atoms with van der Waals surface area (Å²) in [5.74, 6) is -0.544. The molecule has 4 aromatic rings.